The molecule has 1 amide bonds. The van der Waals surface area contributed by atoms with Gasteiger partial charge in [0.2, 0.25) is 5.91 Å². The molecular formula is C17H15ClFNO. The maximum absolute atomic E-state index is 12.8. The van der Waals surface area contributed by atoms with Gasteiger partial charge in [0, 0.05) is 11.1 Å². The van der Waals surface area contributed by atoms with Gasteiger partial charge in [-0.15, -0.1) is 0 Å². The lowest BCUT2D eigenvalue weighted by Gasteiger charge is -2.12. The van der Waals surface area contributed by atoms with Crippen molar-refractivity contribution < 1.29 is 9.18 Å². The molecule has 0 aliphatic heterocycles. The minimum absolute atomic E-state index is 0.118. The van der Waals surface area contributed by atoms with Crippen LogP contribution in [0.2, 0.25) is 5.02 Å². The smallest absolute Gasteiger partial charge is 0.244 e. The molecule has 2 aromatic carbocycles. The summed E-state index contributed by atoms with van der Waals surface area (Å²) in [6.45, 7) is 1.90. The number of nitrogens with one attached hydrogen (secondary N) is 1. The molecule has 108 valence electrons. The van der Waals surface area contributed by atoms with Crippen molar-refractivity contribution in [1.82, 2.24) is 5.32 Å². The Hall–Kier alpha value is -2.13. The molecule has 2 aromatic rings. The molecule has 1 atom stereocenters. The molecule has 2 rings (SSSR count). The molecule has 2 nitrogen and oxygen atoms in total. The van der Waals surface area contributed by atoms with Crippen LogP contribution in [0.15, 0.2) is 54.6 Å². The van der Waals surface area contributed by atoms with Gasteiger partial charge >= 0.3 is 0 Å². The fourth-order valence-corrected chi connectivity index (χ4v) is 1.97. The number of benzene rings is 2. The van der Waals surface area contributed by atoms with Gasteiger partial charge in [-0.05, 0) is 48.4 Å². The summed E-state index contributed by atoms with van der Waals surface area (Å²) < 4.78 is 12.8. The minimum atomic E-state index is -0.298. The highest BCUT2D eigenvalue weighted by Gasteiger charge is 2.07. The minimum Gasteiger partial charge on any atom is -0.346 e. The zero-order chi connectivity index (χ0) is 15.2. The fourth-order valence-electron chi connectivity index (χ4n) is 1.84. The quantitative estimate of drug-likeness (QED) is 0.835. The molecule has 0 fully saturated rings. The molecule has 0 aromatic heterocycles. The van der Waals surface area contributed by atoms with Gasteiger partial charge in [0.25, 0.3) is 0 Å². The first-order valence-corrected chi connectivity index (χ1v) is 6.92. The van der Waals surface area contributed by atoms with Gasteiger partial charge in [-0.2, -0.15) is 0 Å². The molecule has 0 spiro atoms. The summed E-state index contributed by atoms with van der Waals surface area (Å²) in [7, 11) is 0. The largest absolute Gasteiger partial charge is 0.346 e. The number of halogens is 2. The average molecular weight is 304 g/mol. The van der Waals surface area contributed by atoms with Crippen LogP contribution < -0.4 is 5.32 Å². The Labute approximate surface area is 128 Å². The summed E-state index contributed by atoms with van der Waals surface area (Å²) in [4.78, 5) is 11.8. The van der Waals surface area contributed by atoms with E-state index in [1.807, 2.05) is 19.1 Å². The maximum Gasteiger partial charge on any atom is 0.244 e. The zero-order valence-electron chi connectivity index (χ0n) is 11.5. The van der Waals surface area contributed by atoms with Crippen molar-refractivity contribution in [2.24, 2.45) is 0 Å². The van der Waals surface area contributed by atoms with Crippen molar-refractivity contribution in [2.45, 2.75) is 13.0 Å². The number of hydrogen-bond donors (Lipinski definition) is 1. The number of rotatable bonds is 4. The predicted octanol–water partition coefficient (Wildman–Crippen LogP) is 4.37. The van der Waals surface area contributed by atoms with Crippen LogP contribution in [-0.2, 0) is 4.79 Å². The van der Waals surface area contributed by atoms with Crippen LogP contribution in [-0.4, -0.2) is 5.91 Å². The SMILES string of the molecule is C[C@H](NC(=O)/C=C/c1ccc(F)cc1)c1ccc(Cl)cc1. The molecule has 0 radical (unpaired) electrons. The van der Waals surface area contributed by atoms with E-state index >= 15 is 0 Å². The van der Waals surface area contributed by atoms with Crippen molar-refractivity contribution in [3.63, 3.8) is 0 Å². The van der Waals surface area contributed by atoms with Gasteiger partial charge < -0.3 is 5.32 Å². The highest BCUT2D eigenvalue weighted by Crippen LogP contribution is 2.16. The first kappa shape index (κ1) is 15.3. The highest BCUT2D eigenvalue weighted by atomic mass is 35.5. The third-order valence-electron chi connectivity index (χ3n) is 3.03. The van der Waals surface area contributed by atoms with Gasteiger partial charge in [0.15, 0.2) is 0 Å². The van der Waals surface area contributed by atoms with Crippen LogP contribution in [0.4, 0.5) is 4.39 Å². The van der Waals surface area contributed by atoms with E-state index in [1.54, 1.807) is 30.3 Å². The number of hydrogen-bond acceptors (Lipinski definition) is 1. The van der Waals surface area contributed by atoms with Gasteiger partial charge in [-0.1, -0.05) is 35.9 Å². The van der Waals surface area contributed by atoms with Gasteiger partial charge in [0.1, 0.15) is 5.82 Å². The molecule has 0 aliphatic rings. The third kappa shape index (κ3) is 4.72. The molecule has 0 saturated carbocycles. The molecule has 0 heterocycles. The Bertz CT molecular complexity index is 635. The van der Waals surface area contributed by atoms with Crippen molar-refractivity contribution in [1.29, 1.82) is 0 Å². The summed E-state index contributed by atoms with van der Waals surface area (Å²) in [5.74, 6) is -0.505. The van der Waals surface area contributed by atoms with E-state index in [1.165, 1.54) is 18.2 Å². The normalized spacial score (nSPS) is 12.3. The Morgan fingerprint density at radius 1 is 1.14 bits per heavy atom. The third-order valence-corrected chi connectivity index (χ3v) is 3.28. The average Bonchev–Trinajstić information content (AvgIpc) is 2.47. The molecule has 0 bridgehead atoms. The first-order valence-electron chi connectivity index (χ1n) is 6.54. The lowest BCUT2D eigenvalue weighted by atomic mass is 10.1. The molecule has 4 heteroatoms. The van der Waals surface area contributed by atoms with Crippen LogP contribution in [0, 0.1) is 5.82 Å². The summed E-state index contributed by atoms with van der Waals surface area (Å²) in [6.07, 6.45) is 3.07. The van der Waals surface area contributed by atoms with Crippen molar-refractivity contribution in [3.8, 4) is 0 Å². The van der Waals surface area contributed by atoms with Crippen molar-refractivity contribution in [3.05, 3.63) is 76.6 Å². The Morgan fingerprint density at radius 2 is 1.76 bits per heavy atom. The van der Waals surface area contributed by atoms with E-state index in [9.17, 15) is 9.18 Å². The van der Waals surface area contributed by atoms with Crippen molar-refractivity contribution >= 4 is 23.6 Å². The van der Waals surface area contributed by atoms with E-state index in [0.717, 1.165) is 11.1 Å². The lowest BCUT2D eigenvalue weighted by molar-refractivity contribution is -0.117. The molecule has 0 aliphatic carbocycles. The predicted molar refractivity (Wildman–Crippen MR) is 83.4 cm³/mol. The highest BCUT2D eigenvalue weighted by molar-refractivity contribution is 6.30. The summed E-state index contributed by atoms with van der Waals surface area (Å²) in [5.41, 5.74) is 1.74. The summed E-state index contributed by atoms with van der Waals surface area (Å²) in [6, 6.07) is 13.1. The van der Waals surface area contributed by atoms with Crippen LogP contribution in [0.1, 0.15) is 24.1 Å². The molecule has 1 N–H and O–H groups in total. The van der Waals surface area contributed by atoms with E-state index in [4.69, 9.17) is 11.6 Å². The van der Waals surface area contributed by atoms with Gasteiger partial charge in [-0.25, -0.2) is 4.39 Å². The lowest BCUT2D eigenvalue weighted by Crippen LogP contribution is -2.24. The number of carbonyl (C=O) groups is 1. The van der Waals surface area contributed by atoms with Gasteiger partial charge in [0.05, 0.1) is 6.04 Å². The van der Waals surface area contributed by atoms with Crippen LogP contribution in [0.5, 0.6) is 0 Å². The number of amides is 1. The van der Waals surface area contributed by atoms with E-state index in [2.05, 4.69) is 5.32 Å². The van der Waals surface area contributed by atoms with E-state index in [0.29, 0.717) is 5.02 Å². The topological polar surface area (TPSA) is 29.1 Å². The van der Waals surface area contributed by atoms with E-state index in [-0.39, 0.29) is 17.8 Å². The van der Waals surface area contributed by atoms with Crippen LogP contribution >= 0.6 is 11.6 Å². The zero-order valence-corrected chi connectivity index (χ0v) is 12.3. The summed E-state index contributed by atoms with van der Waals surface area (Å²) in [5, 5.41) is 3.51. The van der Waals surface area contributed by atoms with Crippen LogP contribution in [0.25, 0.3) is 6.08 Å². The Balaban J connectivity index is 1.94. The second-order valence-corrected chi connectivity index (χ2v) is 5.10. The Morgan fingerprint density at radius 3 is 2.38 bits per heavy atom. The van der Waals surface area contributed by atoms with Crippen LogP contribution in [0.3, 0.4) is 0 Å². The standard InChI is InChI=1S/C17H15ClFNO/c1-12(14-5-7-15(18)8-6-14)20-17(21)11-4-13-2-9-16(19)10-3-13/h2-12H,1H3,(H,20,21)/b11-4+/t12-/m0/s1. The maximum atomic E-state index is 12.8. The molecule has 21 heavy (non-hydrogen) atoms. The molecular weight excluding hydrogens is 289 g/mol. The second-order valence-electron chi connectivity index (χ2n) is 4.67. The van der Waals surface area contributed by atoms with E-state index < -0.39 is 0 Å². The molecule has 0 unspecified atom stereocenters. The fraction of sp³-hybridized carbons (Fsp3) is 0.118. The first-order chi connectivity index (χ1) is 10.0. The Kier molecular flexibility index (Phi) is 5.12. The van der Waals surface area contributed by atoms with Crippen molar-refractivity contribution in [2.75, 3.05) is 0 Å². The summed E-state index contributed by atoms with van der Waals surface area (Å²) >= 11 is 5.83. The second kappa shape index (κ2) is 7.04. The van der Waals surface area contributed by atoms with Gasteiger partial charge in [-0.3, -0.25) is 4.79 Å². The molecule has 0 saturated heterocycles. The monoisotopic (exact) mass is 303 g/mol. The number of carbonyl (C=O) groups excluding carboxylic acids is 1.